The summed E-state index contributed by atoms with van der Waals surface area (Å²) >= 11 is 0. The summed E-state index contributed by atoms with van der Waals surface area (Å²) in [5.41, 5.74) is 6.56. The molecule has 3 aromatic rings. The zero-order valence-corrected chi connectivity index (χ0v) is 36.5. The number of imide groups is 1. The Hall–Kier alpha value is -6.85. The summed E-state index contributed by atoms with van der Waals surface area (Å²) in [5.74, 6) is -0.378. The minimum absolute atomic E-state index is 0.0304. The van der Waals surface area contributed by atoms with E-state index < -0.39 is 17.8 Å². The van der Waals surface area contributed by atoms with Crippen molar-refractivity contribution in [3.8, 4) is 23.0 Å². The molecule has 0 aromatic heterocycles. The number of hydroxylamine groups is 2. The van der Waals surface area contributed by atoms with Crippen LogP contribution in [0.2, 0.25) is 0 Å². The minimum Gasteiger partial charge on any atom is -0.493 e. The maximum Gasteiger partial charge on any atom is 0.335 e. The summed E-state index contributed by atoms with van der Waals surface area (Å²) in [7, 11) is 3.06. The molecule has 3 aromatic carbocycles. The van der Waals surface area contributed by atoms with Gasteiger partial charge in [-0.2, -0.15) is 0 Å². The Morgan fingerprint density at radius 2 is 1.14 bits per heavy atom. The number of carbonyl (C=O) groups is 5. The molecule has 0 saturated carbocycles. The first-order chi connectivity index (χ1) is 31.5. The van der Waals surface area contributed by atoms with Gasteiger partial charge < -0.3 is 43.1 Å². The van der Waals surface area contributed by atoms with Gasteiger partial charge in [-0.25, -0.2) is 4.79 Å². The lowest BCUT2D eigenvalue weighted by molar-refractivity contribution is -0.198. The van der Waals surface area contributed by atoms with Crippen molar-refractivity contribution >= 4 is 53.4 Å². The van der Waals surface area contributed by atoms with E-state index in [1.807, 2.05) is 6.07 Å². The summed E-state index contributed by atoms with van der Waals surface area (Å²) in [5, 5.41) is 0.518. The third-order valence-electron chi connectivity index (χ3n) is 11.6. The van der Waals surface area contributed by atoms with Crippen molar-refractivity contribution in [3.05, 3.63) is 94.6 Å². The molecule has 2 atom stereocenters. The lowest BCUT2D eigenvalue weighted by Crippen LogP contribution is -2.35. The molecule has 17 heteroatoms. The van der Waals surface area contributed by atoms with Gasteiger partial charge in [-0.05, 0) is 60.6 Å². The van der Waals surface area contributed by atoms with Crippen molar-refractivity contribution in [3.63, 3.8) is 0 Å². The van der Waals surface area contributed by atoms with Crippen molar-refractivity contribution in [1.29, 1.82) is 0 Å². The summed E-state index contributed by atoms with van der Waals surface area (Å²) in [6.07, 6.45) is 6.21. The smallest absolute Gasteiger partial charge is 0.335 e. The van der Waals surface area contributed by atoms with Crippen LogP contribution in [0.1, 0.15) is 75.9 Å². The van der Waals surface area contributed by atoms with Crippen LogP contribution in [-0.2, 0) is 48.3 Å². The van der Waals surface area contributed by atoms with E-state index in [2.05, 4.69) is 35.3 Å². The molecule has 0 N–H and O–H groups in total. The molecular weight excluding hydrogens is 839 g/mol. The first kappa shape index (κ1) is 44.7. The van der Waals surface area contributed by atoms with Gasteiger partial charge in [0.2, 0.25) is 0 Å². The van der Waals surface area contributed by atoms with Gasteiger partial charge in [-0.1, -0.05) is 36.4 Å². The highest BCUT2D eigenvalue weighted by Crippen LogP contribution is 2.41. The highest BCUT2D eigenvalue weighted by Gasteiger charge is 2.36. The molecule has 3 fully saturated rings. The van der Waals surface area contributed by atoms with Crippen molar-refractivity contribution < 1.29 is 57.2 Å². The number of fused-ring (bicyclic) bond motifs is 4. The molecule has 0 bridgehead atoms. The van der Waals surface area contributed by atoms with Crippen molar-refractivity contribution in [2.24, 2.45) is 9.98 Å². The standard InChI is InChI=1S/C48H51N5O12/c1-29-14-34-23-49-38-21-42(40(59-3)19-36(38)47(57)51(34)25-29)63-27-32-16-31(6-5-10-61-12-13-62-11-9-46(56)65-53-44(54)7-8-45(53)55)17-33(18-32)28-64-43-22-39-37(20-41(43)60-4)48(58)52-26-30(2)15-35(52)24-50-39/h16-24,34-35H,1-2,5-15,25-28H2,3-4H3/t34-,35-/m0/s1. The molecule has 5 aliphatic rings. The molecular formula is C48H51N5O12. The number of carbonyl (C=O) groups excluding carboxylic acids is 5. The van der Waals surface area contributed by atoms with Crippen LogP contribution in [0.3, 0.4) is 0 Å². The number of hydrogen-bond donors (Lipinski definition) is 0. The number of methoxy groups -OCH3 is 2. The number of nitrogens with zero attached hydrogens (tertiary/aromatic N) is 5. The molecule has 0 radical (unpaired) electrons. The van der Waals surface area contributed by atoms with Gasteiger partial charge in [0.25, 0.3) is 23.6 Å². The van der Waals surface area contributed by atoms with E-state index in [9.17, 15) is 24.0 Å². The van der Waals surface area contributed by atoms with Gasteiger partial charge in [0, 0.05) is 57.1 Å². The summed E-state index contributed by atoms with van der Waals surface area (Å²) in [4.78, 5) is 80.1. The zero-order valence-electron chi connectivity index (χ0n) is 36.5. The third-order valence-corrected chi connectivity index (χ3v) is 11.6. The molecule has 65 heavy (non-hydrogen) atoms. The Balaban J connectivity index is 0.923. The second-order valence-corrected chi connectivity index (χ2v) is 16.4. The van der Waals surface area contributed by atoms with Crippen LogP contribution in [-0.4, -0.2) is 123 Å². The van der Waals surface area contributed by atoms with Crippen molar-refractivity contribution in [2.45, 2.75) is 70.2 Å². The lowest BCUT2D eigenvalue weighted by atomic mass is 10.0. The van der Waals surface area contributed by atoms with Gasteiger partial charge in [0.05, 0.1) is 75.0 Å². The second kappa shape index (κ2) is 19.9. The number of hydrogen-bond acceptors (Lipinski definition) is 14. The summed E-state index contributed by atoms with van der Waals surface area (Å²) in [6, 6.07) is 12.6. The van der Waals surface area contributed by atoms with Crippen LogP contribution in [0.25, 0.3) is 0 Å². The Labute approximate surface area is 376 Å². The molecule has 8 rings (SSSR count). The van der Waals surface area contributed by atoms with Crippen molar-refractivity contribution in [2.75, 3.05) is 53.7 Å². The average molecular weight is 890 g/mol. The van der Waals surface area contributed by atoms with Crippen LogP contribution in [0.4, 0.5) is 11.4 Å². The fourth-order valence-electron chi connectivity index (χ4n) is 8.34. The van der Waals surface area contributed by atoms with E-state index in [1.54, 1.807) is 46.5 Å². The van der Waals surface area contributed by atoms with Crippen LogP contribution in [0, 0.1) is 0 Å². The number of benzene rings is 3. The largest absolute Gasteiger partial charge is 0.493 e. The Morgan fingerprint density at radius 3 is 1.65 bits per heavy atom. The van der Waals surface area contributed by atoms with Gasteiger partial charge in [0.1, 0.15) is 13.2 Å². The first-order valence-corrected chi connectivity index (χ1v) is 21.5. The molecule has 0 spiro atoms. The van der Waals surface area contributed by atoms with Gasteiger partial charge in [-0.15, -0.1) is 5.06 Å². The predicted molar refractivity (Wildman–Crippen MR) is 236 cm³/mol. The predicted octanol–water partition coefficient (Wildman–Crippen LogP) is 5.80. The van der Waals surface area contributed by atoms with Gasteiger partial charge >= 0.3 is 5.97 Å². The lowest BCUT2D eigenvalue weighted by Gasteiger charge is -2.20. The van der Waals surface area contributed by atoms with Crippen LogP contribution in [0.5, 0.6) is 23.0 Å². The number of ether oxygens (including phenoxy) is 6. The fraction of sp³-hybridized carbons (Fsp3) is 0.396. The number of aryl methyl sites for hydroxylation is 1. The molecule has 0 aliphatic carbocycles. The van der Waals surface area contributed by atoms with E-state index in [-0.39, 0.29) is 69.6 Å². The summed E-state index contributed by atoms with van der Waals surface area (Å²) < 4.78 is 35.5. The topological polar surface area (TPSA) is 184 Å². The molecule has 3 saturated heterocycles. The molecule has 340 valence electrons. The Kier molecular flexibility index (Phi) is 13.7. The number of aliphatic imine (C=N–C) groups is 2. The SMILES string of the molecule is C=C1C[C@H]2C=Nc3cc(OCc4cc(CCCOCCOCCC(=O)ON5C(=O)CCC5=O)cc(COc5cc6c(cc5OC)C(=O)N5CC(=C)C[C@H]5C=N6)c4)c(OC)cc3C(=O)N2C1. The molecule has 4 amide bonds. The highest BCUT2D eigenvalue weighted by molar-refractivity contribution is 6.05. The van der Waals surface area contributed by atoms with E-state index in [0.29, 0.717) is 103 Å². The second-order valence-electron chi connectivity index (χ2n) is 16.4. The van der Waals surface area contributed by atoms with Gasteiger partial charge in [0.15, 0.2) is 23.0 Å². The maximum atomic E-state index is 13.5. The quantitative estimate of drug-likeness (QED) is 0.0803. The average Bonchev–Trinajstić information content (AvgIpc) is 3.93. The van der Waals surface area contributed by atoms with Crippen LogP contribution >= 0.6 is 0 Å². The zero-order chi connectivity index (χ0) is 45.6. The maximum absolute atomic E-state index is 13.5. The van der Waals surface area contributed by atoms with Crippen LogP contribution in [0.15, 0.2) is 76.8 Å². The normalized spacial score (nSPS) is 18.6. The summed E-state index contributed by atoms with van der Waals surface area (Å²) in [6.45, 7) is 10.4. The Morgan fingerprint density at radius 1 is 0.646 bits per heavy atom. The van der Waals surface area contributed by atoms with E-state index >= 15 is 0 Å². The number of amides is 4. The molecule has 17 nitrogen and oxygen atoms in total. The fourth-order valence-corrected chi connectivity index (χ4v) is 8.34. The van der Waals surface area contributed by atoms with Crippen molar-refractivity contribution in [1.82, 2.24) is 14.9 Å². The minimum atomic E-state index is -0.725. The van der Waals surface area contributed by atoms with E-state index in [0.717, 1.165) is 27.8 Å². The monoisotopic (exact) mass is 889 g/mol. The first-order valence-electron chi connectivity index (χ1n) is 21.5. The van der Waals surface area contributed by atoms with Crippen LogP contribution < -0.4 is 18.9 Å². The highest BCUT2D eigenvalue weighted by atomic mass is 16.7. The molecule has 5 aliphatic heterocycles. The molecule has 5 heterocycles. The number of rotatable bonds is 19. The molecule has 0 unspecified atom stereocenters. The van der Waals surface area contributed by atoms with Gasteiger partial charge in [-0.3, -0.25) is 29.2 Å². The van der Waals surface area contributed by atoms with E-state index in [1.165, 1.54) is 14.2 Å². The van der Waals surface area contributed by atoms with E-state index in [4.69, 9.17) is 33.3 Å². The Bertz CT molecular complexity index is 2330. The third kappa shape index (κ3) is 10.3.